The molecule has 1 saturated heterocycles. The second-order valence-electron chi connectivity index (χ2n) is 3.25. The number of β-lactam (4-membered cyclic amide) rings is 1. The zero-order chi connectivity index (χ0) is 10.1. The van der Waals surface area contributed by atoms with Gasteiger partial charge in [-0.05, 0) is 30.5 Å². The van der Waals surface area contributed by atoms with Gasteiger partial charge in [0.05, 0.1) is 6.54 Å². The molecule has 1 aromatic carbocycles. The minimum Gasteiger partial charge on any atom is -0.318 e. The minimum atomic E-state index is -0.296. The van der Waals surface area contributed by atoms with Gasteiger partial charge in [-0.2, -0.15) is 0 Å². The second kappa shape index (κ2) is 3.63. The third-order valence-corrected chi connectivity index (χ3v) is 3.09. The highest BCUT2D eigenvalue weighted by Crippen LogP contribution is 2.24. The van der Waals surface area contributed by atoms with Gasteiger partial charge >= 0.3 is 0 Å². The fourth-order valence-electron chi connectivity index (χ4n) is 1.45. The van der Waals surface area contributed by atoms with Crippen LogP contribution in [0.1, 0.15) is 0 Å². The Hall–Kier alpha value is -1.00. The molecule has 14 heavy (non-hydrogen) atoms. The molecule has 1 amide bonds. The highest BCUT2D eigenvalue weighted by Gasteiger charge is 2.34. The summed E-state index contributed by atoms with van der Waals surface area (Å²) in [5.41, 5.74) is 6.45. The molecule has 4 heteroatoms. The number of hydrogen-bond donors (Lipinski definition) is 1. The maximum absolute atomic E-state index is 11.3. The molecule has 1 unspecified atom stereocenters. The summed E-state index contributed by atoms with van der Waals surface area (Å²) < 4.78 is 0. The van der Waals surface area contributed by atoms with Crippen LogP contribution in [0.3, 0.4) is 0 Å². The number of amides is 1. The molecule has 0 radical (unpaired) electrons. The first-order chi connectivity index (χ1) is 6.72. The van der Waals surface area contributed by atoms with Crippen LogP contribution >= 0.6 is 11.8 Å². The highest BCUT2D eigenvalue weighted by atomic mass is 32.2. The smallest absolute Gasteiger partial charge is 0.245 e. The monoisotopic (exact) mass is 208 g/mol. The summed E-state index contributed by atoms with van der Waals surface area (Å²) in [6.07, 6.45) is 2.03. The molecule has 0 aromatic heterocycles. The number of carbonyl (C=O) groups is 1. The van der Waals surface area contributed by atoms with Crippen molar-refractivity contribution in [3.05, 3.63) is 24.3 Å². The fourth-order valence-corrected chi connectivity index (χ4v) is 1.86. The van der Waals surface area contributed by atoms with E-state index in [4.69, 9.17) is 5.73 Å². The zero-order valence-corrected chi connectivity index (χ0v) is 8.75. The zero-order valence-electron chi connectivity index (χ0n) is 7.93. The van der Waals surface area contributed by atoms with Gasteiger partial charge in [-0.1, -0.05) is 0 Å². The van der Waals surface area contributed by atoms with E-state index in [2.05, 4.69) is 0 Å². The van der Waals surface area contributed by atoms with Crippen molar-refractivity contribution < 1.29 is 4.79 Å². The largest absolute Gasteiger partial charge is 0.318 e. The molecular weight excluding hydrogens is 196 g/mol. The van der Waals surface area contributed by atoms with Crippen LogP contribution in [-0.2, 0) is 4.79 Å². The van der Waals surface area contributed by atoms with E-state index in [1.165, 1.54) is 4.90 Å². The lowest BCUT2D eigenvalue weighted by molar-refractivity contribution is -0.123. The van der Waals surface area contributed by atoms with Gasteiger partial charge in [0.1, 0.15) is 6.04 Å². The van der Waals surface area contributed by atoms with Crippen LogP contribution in [0.2, 0.25) is 0 Å². The maximum atomic E-state index is 11.3. The van der Waals surface area contributed by atoms with Crippen molar-refractivity contribution in [2.75, 3.05) is 17.7 Å². The number of benzene rings is 1. The molecule has 1 aliphatic rings. The Labute approximate surface area is 87.3 Å². The normalized spacial score (nSPS) is 20.9. The summed E-state index contributed by atoms with van der Waals surface area (Å²) in [7, 11) is 0. The molecule has 1 fully saturated rings. The Kier molecular flexibility index (Phi) is 2.48. The lowest BCUT2D eigenvalue weighted by Crippen LogP contribution is -2.61. The van der Waals surface area contributed by atoms with Gasteiger partial charge in [0.25, 0.3) is 0 Å². The third kappa shape index (κ3) is 1.51. The number of hydrogen-bond acceptors (Lipinski definition) is 3. The number of carbonyl (C=O) groups excluding carboxylic acids is 1. The SMILES string of the molecule is CSc1ccc(N2CC(N)C2=O)cc1. The van der Waals surface area contributed by atoms with Gasteiger partial charge in [0.15, 0.2) is 0 Å². The highest BCUT2D eigenvalue weighted by molar-refractivity contribution is 7.98. The first-order valence-corrected chi connectivity index (χ1v) is 5.66. The first kappa shape index (κ1) is 9.55. The van der Waals surface area contributed by atoms with E-state index in [9.17, 15) is 4.79 Å². The lowest BCUT2D eigenvalue weighted by Gasteiger charge is -2.36. The molecule has 0 spiro atoms. The first-order valence-electron chi connectivity index (χ1n) is 4.43. The molecule has 0 bridgehead atoms. The molecule has 1 aromatic rings. The Balaban J connectivity index is 2.14. The van der Waals surface area contributed by atoms with Crippen LogP contribution in [0, 0.1) is 0 Å². The van der Waals surface area contributed by atoms with E-state index in [1.54, 1.807) is 16.7 Å². The van der Waals surface area contributed by atoms with Gasteiger partial charge in [-0.25, -0.2) is 0 Å². The van der Waals surface area contributed by atoms with E-state index < -0.39 is 0 Å². The number of rotatable bonds is 2. The number of nitrogens with zero attached hydrogens (tertiary/aromatic N) is 1. The lowest BCUT2D eigenvalue weighted by atomic mass is 10.1. The predicted molar refractivity (Wildman–Crippen MR) is 58.6 cm³/mol. The summed E-state index contributed by atoms with van der Waals surface area (Å²) in [5, 5.41) is 0. The van der Waals surface area contributed by atoms with Crippen LogP contribution in [-0.4, -0.2) is 24.7 Å². The van der Waals surface area contributed by atoms with Crippen LogP contribution in [0.5, 0.6) is 0 Å². The summed E-state index contributed by atoms with van der Waals surface area (Å²) in [6, 6.07) is 7.63. The second-order valence-corrected chi connectivity index (χ2v) is 4.13. The fraction of sp³-hybridized carbons (Fsp3) is 0.300. The molecule has 0 aliphatic carbocycles. The molecule has 0 saturated carbocycles. The quantitative estimate of drug-likeness (QED) is 0.584. The van der Waals surface area contributed by atoms with E-state index in [-0.39, 0.29) is 11.9 Å². The van der Waals surface area contributed by atoms with Gasteiger partial charge in [0, 0.05) is 10.6 Å². The minimum absolute atomic E-state index is 0.0156. The van der Waals surface area contributed by atoms with Crippen molar-refractivity contribution in [2.45, 2.75) is 10.9 Å². The van der Waals surface area contributed by atoms with Crippen molar-refractivity contribution in [2.24, 2.45) is 5.73 Å². The van der Waals surface area contributed by atoms with Crippen molar-refractivity contribution in [3.8, 4) is 0 Å². The van der Waals surface area contributed by atoms with Gasteiger partial charge in [-0.3, -0.25) is 4.79 Å². The Morgan fingerprint density at radius 1 is 1.43 bits per heavy atom. The van der Waals surface area contributed by atoms with Crippen LogP contribution in [0.15, 0.2) is 29.2 Å². The summed E-state index contributed by atoms with van der Waals surface area (Å²) in [6.45, 7) is 0.636. The average molecular weight is 208 g/mol. The molecule has 74 valence electrons. The topological polar surface area (TPSA) is 46.3 Å². The van der Waals surface area contributed by atoms with Crippen molar-refractivity contribution in [1.82, 2.24) is 0 Å². The van der Waals surface area contributed by atoms with Crippen LogP contribution in [0.25, 0.3) is 0 Å². The molecule has 1 aliphatic heterocycles. The van der Waals surface area contributed by atoms with Crippen molar-refractivity contribution in [1.29, 1.82) is 0 Å². The number of thioether (sulfide) groups is 1. The summed E-state index contributed by atoms with van der Waals surface area (Å²) in [4.78, 5) is 14.2. The van der Waals surface area contributed by atoms with Gasteiger partial charge in [-0.15, -0.1) is 11.8 Å². The summed E-state index contributed by atoms with van der Waals surface area (Å²) >= 11 is 1.69. The van der Waals surface area contributed by atoms with E-state index in [0.717, 1.165) is 5.69 Å². The molecule has 2 N–H and O–H groups in total. The molecule has 2 rings (SSSR count). The van der Waals surface area contributed by atoms with Crippen LogP contribution < -0.4 is 10.6 Å². The Bertz CT molecular complexity index is 350. The van der Waals surface area contributed by atoms with E-state index in [1.807, 2.05) is 30.5 Å². The Morgan fingerprint density at radius 3 is 2.50 bits per heavy atom. The molecular formula is C10H12N2OS. The third-order valence-electron chi connectivity index (χ3n) is 2.35. The number of nitrogens with two attached hydrogens (primary N) is 1. The van der Waals surface area contributed by atoms with Crippen molar-refractivity contribution in [3.63, 3.8) is 0 Å². The predicted octanol–water partition coefficient (Wildman–Crippen LogP) is 1.08. The maximum Gasteiger partial charge on any atom is 0.245 e. The van der Waals surface area contributed by atoms with E-state index in [0.29, 0.717) is 6.54 Å². The number of anilines is 1. The molecule has 1 heterocycles. The summed E-state index contributed by atoms with van der Waals surface area (Å²) in [5.74, 6) is 0.0156. The van der Waals surface area contributed by atoms with Gasteiger partial charge < -0.3 is 10.6 Å². The van der Waals surface area contributed by atoms with E-state index >= 15 is 0 Å². The van der Waals surface area contributed by atoms with Gasteiger partial charge in [0.2, 0.25) is 5.91 Å². The molecule has 1 atom stereocenters. The Morgan fingerprint density at radius 2 is 2.07 bits per heavy atom. The standard InChI is InChI=1S/C10H12N2OS/c1-14-8-4-2-7(3-5-8)12-6-9(11)10(12)13/h2-5,9H,6,11H2,1H3. The van der Waals surface area contributed by atoms with Crippen LogP contribution in [0.4, 0.5) is 5.69 Å². The van der Waals surface area contributed by atoms with Crippen molar-refractivity contribution >= 4 is 23.4 Å². The molecule has 3 nitrogen and oxygen atoms in total. The average Bonchev–Trinajstić information content (AvgIpc) is 2.25.